The van der Waals surface area contributed by atoms with Crippen LogP contribution in [0.25, 0.3) is 22.6 Å². The monoisotopic (exact) mass is 381 g/mol. The molecule has 3 aromatic rings. The van der Waals surface area contributed by atoms with Crippen LogP contribution in [-0.4, -0.2) is 52.3 Å². The highest BCUT2D eigenvalue weighted by Gasteiger charge is 2.21. The molecule has 6 nitrogen and oxygen atoms in total. The lowest BCUT2D eigenvalue weighted by Gasteiger charge is -2.33. The maximum atomic E-state index is 9.50. The molecule has 4 rings (SSSR count). The molecule has 1 fully saturated rings. The minimum absolute atomic E-state index is 0.0366. The van der Waals surface area contributed by atoms with E-state index in [1.165, 1.54) is 0 Å². The third kappa shape index (κ3) is 4.08. The van der Waals surface area contributed by atoms with Gasteiger partial charge in [0.25, 0.3) is 0 Å². The molecule has 0 amide bonds. The molecule has 138 valence electrons. The Labute approximate surface area is 162 Å². The number of anilines is 1. The third-order valence-electron chi connectivity index (χ3n) is 4.57. The summed E-state index contributed by atoms with van der Waals surface area (Å²) >= 11 is 6.03. The number of nitrogens with one attached hydrogen (secondary N) is 1. The second-order valence-corrected chi connectivity index (χ2v) is 6.90. The largest absolute Gasteiger partial charge is 0.395 e. The molecule has 2 aromatic heterocycles. The summed E-state index contributed by atoms with van der Waals surface area (Å²) in [7, 11) is 0. The number of pyridine rings is 1. The maximum absolute atomic E-state index is 9.50. The van der Waals surface area contributed by atoms with Crippen LogP contribution in [-0.2, 0) is 0 Å². The minimum Gasteiger partial charge on any atom is -0.395 e. The second kappa shape index (κ2) is 8.00. The summed E-state index contributed by atoms with van der Waals surface area (Å²) in [5.41, 5.74) is 2.67. The molecule has 27 heavy (non-hydrogen) atoms. The number of piperazine rings is 1. The van der Waals surface area contributed by atoms with Crippen LogP contribution < -0.4 is 10.2 Å². The number of benzene rings is 1. The van der Waals surface area contributed by atoms with E-state index in [-0.39, 0.29) is 12.6 Å². The molecule has 1 aliphatic heterocycles. The van der Waals surface area contributed by atoms with Crippen LogP contribution >= 0.6 is 11.6 Å². The first kappa shape index (κ1) is 17.9. The van der Waals surface area contributed by atoms with Crippen molar-refractivity contribution in [2.45, 2.75) is 6.04 Å². The number of hydrogen-bond donors (Lipinski definition) is 2. The van der Waals surface area contributed by atoms with Crippen LogP contribution in [0, 0.1) is 0 Å². The van der Waals surface area contributed by atoms with Crippen LogP contribution in [0.2, 0.25) is 5.02 Å². The van der Waals surface area contributed by atoms with Gasteiger partial charge in [-0.05, 0) is 24.3 Å². The number of aliphatic hydroxyl groups excluding tert-OH is 1. The van der Waals surface area contributed by atoms with Gasteiger partial charge < -0.3 is 15.3 Å². The van der Waals surface area contributed by atoms with E-state index in [9.17, 15) is 5.11 Å². The molecule has 3 heterocycles. The van der Waals surface area contributed by atoms with E-state index in [2.05, 4.69) is 15.2 Å². The zero-order valence-corrected chi connectivity index (χ0v) is 15.5. The number of aromatic nitrogens is 3. The van der Waals surface area contributed by atoms with E-state index in [0.29, 0.717) is 17.4 Å². The van der Waals surface area contributed by atoms with E-state index >= 15 is 0 Å². The number of aliphatic hydroxyl groups is 1. The average molecular weight is 382 g/mol. The third-order valence-corrected chi connectivity index (χ3v) is 4.82. The van der Waals surface area contributed by atoms with Crippen molar-refractivity contribution in [1.82, 2.24) is 20.3 Å². The Balaban J connectivity index is 1.78. The first-order valence-corrected chi connectivity index (χ1v) is 9.25. The van der Waals surface area contributed by atoms with Gasteiger partial charge in [0.15, 0.2) is 5.82 Å². The zero-order chi connectivity index (χ0) is 18.6. The lowest BCUT2D eigenvalue weighted by Crippen LogP contribution is -2.52. The standard InChI is InChI=1S/C20H20ClN5O/c21-16-5-3-14(4-6-16)18-10-19(26-9-8-23-17(12-26)13-27)25-20(24-18)15-2-1-7-22-11-15/h1-7,10-11,17,23,27H,8-9,12-13H2/t17-/m0/s1. The molecule has 0 radical (unpaired) electrons. The van der Waals surface area contributed by atoms with Gasteiger partial charge in [-0.3, -0.25) is 4.98 Å². The van der Waals surface area contributed by atoms with Crippen molar-refractivity contribution in [2.75, 3.05) is 31.1 Å². The highest BCUT2D eigenvalue weighted by Crippen LogP contribution is 2.27. The topological polar surface area (TPSA) is 74.2 Å². The van der Waals surface area contributed by atoms with E-state index in [0.717, 1.165) is 35.7 Å². The normalized spacial score (nSPS) is 17.1. The Hall–Kier alpha value is -2.54. The van der Waals surface area contributed by atoms with E-state index in [4.69, 9.17) is 21.6 Å². The van der Waals surface area contributed by atoms with Crippen molar-refractivity contribution in [3.8, 4) is 22.6 Å². The molecule has 0 bridgehead atoms. The summed E-state index contributed by atoms with van der Waals surface area (Å²) in [6, 6.07) is 13.5. The lowest BCUT2D eigenvalue weighted by molar-refractivity contribution is 0.235. The average Bonchev–Trinajstić information content (AvgIpc) is 2.74. The van der Waals surface area contributed by atoms with Gasteiger partial charge in [-0.1, -0.05) is 23.7 Å². The Morgan fingerprint density at radius 3 is 2.74 bits per heavy atom. The first-order chi connectivity index (χ1) is 13.2. The number of rotatable bonds is 4. The molecular formula is C20H20ClN5O. The maximum Gasteiger partial charge on any atom is 0.163 e. The summed E-state index contributed by atoms with van der Waals surface area (Å²) in [4.78, 5) is 15.9. The molecule has 1 aromatic carbocycles. The molecule has 2 N–H and O–H groups in total. The molecule has 0 saturated carbocycles. The Bertz CT molecular complexity index is 904. The highest BCUT2D eigenvalue weighted by molar-refractivity contribution is 6.30. The molecule has 1 atom stereocenters. The SMILES string of the molecule is OC[C@@H]1CN(c2cc(-c3ccc(Cl)cc3)nc(-c3cccnc3)n2)CCN1. The van der Waals surface area contributed by atoms with E-state index in [1.807, 2.05) is 42.5 Å². The van der Waals surface area contributed by atoms with Crippen molar-refractivity contribution >= 4 is 17.4 Å². The fourth-order valence-corrected chi connectivity index (χ4v) is 3.27. The van der Waals surface area contributed by atoms with Crippen LogP contribution in [0.3, 0.4) is 0 Å². The quantitative estimate of drug-likeness (QED) is 0.723. The molecule has 0 spiro atoms. The summed E-state index contributed by atoms with van der Waals surface area (Å²) in [6.07, 6.45) is 3.49. The van der Waals surface area contributed by atoms with Gasteiger partial charge in [0.1, 0.15) is 5.82 Å². The Kier molecular flexibility index (Phi) is 5.29. The second-order valence-electron chi connectivity index (χ2n) is 6.46. The number of nitrogens with zero attached hydrogens (tertiary/aromatic N) is 4. The Morgan fingerprint density at radius 2 is 2.00 bits per heavy atom. The van der Waals surface area contributed by atoms with Crippen LogP contribution in [0.4, 0.5) is 5.82 Å². The van der Waals surface area contributed by atoms with Crippen LogP contribution in [0.5, 0.6) is 0 Å². The summed E-state index contributed by atoms with van der Waals surface area (Å²) in [6.45, 7) is 2.41. The minimum atomic E-state index is 0.0366. The van der Waals surface area contributed by atoms with Crippen molar-refractivity contribution in [3.63, 3.8) is 0 Å². The highest BCUT2D eigenvalue weighted by atomic mass is 35.5. The molecule has 0 unspecified atom stereocenters. The van der Waals surface area contributed by atoms with Gasteiger partial charge in [0.2, 0.25) is 0 Å². The molecule has 7 heteroatoms. The summed E-state index contributed by atoms with van der Waals surface area (Å²) < 4.78 is 0. The summed E-state index contributed by atoms with van der Waals surface area (Å²) in [5, 5.41) is 13.5. The summed E-state index contributed by atoms with van der Waals surface area (Å²) in [5.74, 6) is 1.47. The van der Waals surface area contributed by atoms with Gasteiger partial charge >= 0.3 is 0 Å². The smallest absolute Gasteiger partial charge is 0.163 e. The molecule has 1 saturated heterocycles. The number of hydrogen-bond acceptors (Lipinski definition) is 6. The van der Waals surface area contributed by atoms with Gasteiger partial charge in [-0.2, -0.15) is 0 Å². The van der Waals surface area contributed by atoms with Crippen molar-refractivity contribution in [2.24, 2.45) is 0 Å². The van der Waals surface area contributed by atoms with Gasteiger partial charge in [-0.25, -0.2) is 9.97 Å². The van der Waals surface area contributed by atoms with Gasteiger partial charge in [0, 0.05) is 60.3 Å². The lowest BCUT2D eigenvalue weighted by atomic mass is 10.1. The van der Waals surface area contributed by atoms with Gasteiger partial charge in [-0.15, -0.1) is 0 Å². The van der Waals surface area contributed by atoms with E-state index < -0.39 is 0 Å². The molecule has 1 aliphatic rings. The van der Waals surface area contributed by atoms with Crippen molar-refractivity contribution in [1.29, 1.82) is 0 Å². The predicted octanol–water partition coefficient (Wildman–Crippen LogP) is 2.63. The van der Waals surface area contributed by atoms with E-state index in [1.54, 1.807) is 12.4 Å². The zero-order valence-electron chi connectivity index (χ0n) is 14.7. The first-order valence-electron chi connectivity index (χ1n) is 8.87. The predicted molar refractivity (Wildman–Crippen MR) is 107 cm³/mol. The molecular weight excluding hydrogens is 362 g/mol. The van der Waals surface area contributed by atoms with Crippen LogP contribution in [0.15, 0.2) is 54.9 Å². The molecule has 0 aliphatic carbocycles. The fourth-order valence-electron chi connectivity index (χ4n) is 3.14. The van der Waals surface area contributed by atoms with Gasteiger partial charge in [0.05, 0.1) is 12.3 Å². The fraction of sp³-hybridized carbons (Fsp3) is 0.250. The van der Waals surface area contributed by atoms with Crippen molar-refractivity contribution in [3.05, 3.63) is 59.9 Å². The van der Waals surface area contributed by atoms with Crippen LogP contribution in [0.1, 0.15) is 0 Å². The Morgan fingerprint density at radius 1 is 1.15 bits per heavy atom. The van der Waals surface area contributed by atoms with Crippen molar-refractivity contribution < 1.29 is 5.11 Å². The number of halogens is 1.